The summed E-state index contributed by atoms with van der Waals surface area (Å²) in [6, 6.07) is 4.19. The molecule has 5 heteroatoms. The van der Waals surface area contributed by atoms with Crippen molar-refractivity contribution in [2.45, 2.75) is 59.8 Å². The molecular weight excluding hydrogens is 250 g/mol. The number of hydrogen-bond donors (Lipinski definition) is 1. The Morgan fingerprint density at radius 3 is 2.65 bits per heavy atom. The van der Waals surface area contributed by atoms with E-state index in [2.05, 4.69) is 55.3 Å². The van der Waals surface area contributed by atoms with Crippen LogP contribution in [0.15, 0.2) is 18.3 Å². The van der Waals surface area contributed by atoms with Crippen molar-refractivity contribution in [2.24, 2.45) is 0 Å². The van der Waals surface area contributed by atoms with Gasteiger partial charge >= 0.3 is 0 Å². The van der Waals surface area contributed by atoms with Crippen molar-refractivity contribution < 1.29 is 0 Å². The van der Waals surface area contributed by atoms with Crippen molar-refractivity contribution in [3.63, 3.8) is 0 Å². The summed E-state index contributed by atoms with van der Waals surface area (Å²) in [5.74, 6) is 0. The Labute approximate surface area is 121 Å². The van der Waals surface area contributed by atoms with Gasteiger partial charge in [0.1, 0.15) is 0 Å². The Morgan fingerprint density at radius 2 is 2.00 bits per heavy atom. The van der Waals surface area contributed by atoms with Crippen LogP contribution in [0.3, 0.4) is 0 Å². The highest BCUT2D eigenvalue weighted by molar-refractivity contribution is 5.10. The first kappa shape index (κ1) is 14.8. The minimum Gasteiger partial charge on any atom is -0.306 e. The summed E-state index contributed by atoms with van der Waals surface area (Å²) in [6.07, 6.45) is 2.03. The van der Waals surface area contributed by atoms with E-state index in [-0.39, 0.29) is 5.54 Å². The molecule has 0 aliphatic rings. The van der Waals surface area contributed by atoms with Crippen molar-refractivity contribution in [1.82, 2.24) is 24.9 Å². The minimum atomic E-state index is 0.113. The van der Waals surface area contributed by atoms with Gasteiger partial charge in [0.25, 0.3) is 0 Å². The maximum atomic E-state index is 4.61. The van der Waals surface area contributed by atoms with Gasteiger partial charge in [-0.15, -0.1) is 0 Å². The van der Waals surface area contributed by atoms with Gasteiger partial charge in [-0.2, -0.15) is 10.2 Å². The normalized spacial score (nSPS) is 12.1. The maximum Gasteiger partial charge on any atom is 0.0828 e. The zero-order valence-corrected chi connectivity index (χ0v) is 13.1. The number of rotatable bonds is 5. The second kappa shape index (κ2) is 5.79. The first-order chi connectivity index (χ1) is 9.37. The van der Waals surface area contributed by atoms with Crippen LogP contribution in [0.2, 0.25) is 0 Å². The van der Waals surface area contributed by atoms with Gasteiger partial charge < -0.3 is 5.32 Å². The number of nitrogens with zero attached hydrogens (tertiary/aromatic N) is 4. The quantitative estimate of drug-likeness (QED) is 0.911. The summed E-state index contributed by atoms with van der Waals surface area (Å²) >= 11 is 0. The summed E-state index contributed by atoms with van der Waals surface area (Å²) in [4.78, 5) is 0. The molecule has 110 valence electrons. The predicted molar refractivity (Wildman–Crippen MR) is 80.6 cm³/mol. The molecule has 0 spiro atoms. The Kier molecular flexibility index (Phi) is 4.28. The van der Waals surface area contributed by atoms with Gasteiger partial charge in [0.05, 0.1) is 23.6 Å². The molecule has 0 saturated heterocycles. The largest absolute Gasteiger partial charge is 0.306 e. The molecule has 2 heterocycles. The second-order valence-corrected chi connectivity index (χ2v) is 6.20. The highest BCUT2D eigenvalue weighted by atomic mass is 15.3. The molecule has 2 aromatic heterocycles. The monoisotopic (exact) mass is 275 g/mol. The van der Waals surface area contributed by atoms with Crippen molar-refractivity contribution in [3.8, 4) is 0 Å². The molecule has 2 rings (SSSR count). The average Bonchev–Trinajstić information content (AvgIpc) is 2.93. The SMILES string of the molecule is CCn1nc(C)cc1Cn1ccc(CNC(C)(C)C)n1. The van der Waals surface area contributed by atoms with Gasteiger partial charge in [0.15, 0.2) is 0 Å². The van der Waals surface area contributed by atoms with E-state index in [0.29, 0.717) is 0 Å². The van der Waals surface area contributed by atoms with E-state index in [9.17, 15) is 0 Å². The highest BCUT2D eigenvalue weighted by Crippen LogP contribution is 2.07. The summed E-state index contributed by atoms with van der Waals surface area (Å²) in [5.41, 5.74) is 3.44. The Bertz CT molecular complexity index is 559. The molecule has 0 saturated carbocycles. The van der Waals surface area contributed by atoms with Gasteiger partial charge in [-0.3, -0.25) is 9.36 Å². The Hall–Kier alpha value is -1.62. The third-order valence-electron chi connectivity index (χ3n) is 3.10. The zero-order valence-electron chi connectivity index (χ0n) is 13.1. The van der Waals surface area contributed by atoms with Crippen LogP contribution in [0.5, 0.6) is 0 Å². The van der Waals surface area contributed by atoms with Gasteiger partial charge in [-0.1, -0.05) is 0 Å². The van der Waals surface area contributed by atoms with E-state index in [1.807, 2.05) is 22.5 Å². The van der Waals surface area contributed by atoms with Crippen LogP contribution in [0.1, 0.15) is 44.8 Å². The van der Waals surface area contributed by atoms with E-state index in [1.54, 1.807) is 0 Å². The third-order valence-corrected chi connectivity index (χ3v) is 3.10. The molecule has 0 unspecified atom stereocenters. The van der Waals surface area contributed by atoms with E-state index in [1.165, 1.54) is 5.69 Å². The van der Waals surface area contributed by atoms with Crippen LogP contribution in [0.4, 0.5) is 0 Å². The lowest BCUT2D eigenvalue weighted by molar-refractivity contribution is 0.419. The number of nitrogens with one attached hydrogen (secondary N) is 1. The maximum absolute atomic E-state index is 4.61. The first-order valence-electron chi connectivity index (χ1n) is 7.18. The molecule has 0 amide bonds. The second-order valence-electron chi connectivity index (χ2n) is 6.20. The third kappa shape index (κ3) is 3.93. The van der Waals surface area contributed by atoms with Crippen LogP contribution < -0.4 is 5.32 Å². The molecule has 20 heavy (non-hydrogen) atoms. The molecule has 0 radical (unpaired) electrons. The van der Waals surface area contributed by atoms with Gasteiger partial charge in [0.2, 0.25) is 0 Å². The fourth-order valence-corrected chi connectivity index (χ4v) is 2.11. The van der Waals surface area contributed by atoms with Crippen molar-refractivity contribution in [1.29, 1.82) is 0 Å². The molecule has 0 aromatic carbocycles. The molecule has 0 aliphatic carbocycles. The van der Waals surface area contributed by atoms with E-state index >= 15 is 0 Å². The standard InChI is InChI=1S/C15H25N5/c1-6-20-14(9-12(2)17-20)11-19-8-7-13(18-19)10-16-15(3,4)5/h7-9,16H,6,10-11H2,1-5H3. The molecule has 0 aliphatic heterocycles. The highest BCUT2D eigenvalue weighted by Gasteiger charge is 2.10. The number of hydrogen-bond acceptors (Lipinski definition) is 3. The summed E-state index contributed by atoms with van der Waals surface area (Å²) in [6.45, 7) is 13.1. The summed E-state index contributed by atoms with van der Waals surface area (Å²) in [5, 5.41) is 12.5. The zero-order chi connectivity index (χ0) is 14.8. The molecule has 2 aromatic rings. The van der Waals surface area contributed by atoms with Crippen LogP contribution in [-0.2, 0) is 19.6 Å². The fourth-order valence-electron chi connectivity index (χ4n) is 2.11. The average molecular weight is 275 g/mol. The molecule has 0 fully saturated rings. The summed E-state index contributed by atoms with van der Waals surface area (Å²) < 4.78 is 4.01. The predicted octanol–water partition coefficient (Wildman–Crippen LogP) is 2.34. The molecule has 1 N–H and O–H groups in total. The lowest BCUT2D eigenvalue weighted by Gasteiger charge is -2.19. The van der Waals surface area contributed by atoms with Crippen LogP contribution in [0, 0.1) is 6.92 Å². The van der Waals surface area contributed by atoms with Crippen molar-refractivity contribution in [3.05, 3.63) is 35.4 Å². The van der Waals surface area contributed by atoms with Crippen molar-refractivity contribution in [2.75, 3.05) is 0 Å². The number of aromatic nitrogens is 4. The topological polar surface area (TPSA) is 47.7 Å². The number of aryl methyl sites for hydroxylation is 2. The Balaban J connectivity index is 2.02. The van der Waals surface area contributed by atoms with E-state index < -0.39 is 0 Å². The van der Waals surface area contributed by atoms with Crippen LogP contribution in [-0.4, -0.2) is 25.1 Å². The first-order valence-corrected chi connectivity index (χ1v) is 7.18. The summed E-state index contributed by atoms with van der Waals surface area (Å²) in [7, 11) is 0. The lowest BCUT2D eigenvalue weighted by atomic mass is 10.1. The van der Waals surface area contributed by atoms with Gasteiger partial charge in [-0.25, -0.2) is 0 Å². The van der Waals surface area contributed by atoms with Gasteiger partial charge in [0, 0.05) is 24.8 Å². The van der Waals surface area contributed by atoms with E-state index in [4.69, 9.17) is 0 Å². The Morgan fingerprint density at radius 1 is 1.25 bits per heavy atom. The van der Waals surface area contributed by atoms with Crippen LogP contribution in [0.25, 0.3) is 0 Å². The van der Waals surface area contributed by atoms with E-state index in [0.717, 1.165) is 31.0 Å². The minimum absolute atomic E-state index is 0.113. The smallest absolute Gasteiger partial charge is 0.0828 e. The van der Waals surface area contributed by atoms with Crippen molar-refractivity contribution >= 4 is 0 Å². The van der Waals surface area contributed by atoms with Gasteiger partial charge in [-0.05, 0) is 46.8 Å². The van der Waals surface area contributed by atoms with Crippen LogP contribution >= 0.6 is 0 Å². The molecule has 0 atom stereocenters. The lowest BCUT2D eigenvalue weighted by Crippen LogP contribution is -2.35. The molecule has 0 bridgehead atoms. The molecular formula is C15H25N5. The fraction of sp³-hybridized carbons (Fsp3) is 0.600. The molecule has 5 nitrogen and oxygen atoms in total.